The molecule has 1 amide bonds. The summed E-state index contributed by atoms with van der Waals surface area (Å²) in [7, 11) is 3.90. The van der Waals surface area contributed by atoms with Crippen LogP contribution in [0.3, 0.4) is 0 Å². The Morgan fingerprint density at radius 2 is 1.81 bits per heavy atom. The van der Waals surface area contributed by atoms with Crippen LogP contribution in [0.1, 0.15) is 28.1 Å². The van der Waals surface area contributed by atoms with Crippen LogP contribution in [0.2, 0.25) is 0 Å². The van der Waals surface area contributed by atoms with Gasteiger partial charge in [0.15, 0.2) is 0 Å². The van der Waals surface area contributed by atoms with E-state index < -0.39 is 17.7 Å². The molecular formula is C24H23N3O3S. The lowest BCUT2D eigenvalue weighted by Gasteiger charge is -2.32. The fourth-order valence-corrected chi connectivity index (χ4v) is 4.80. The molecule has 1 aliphatic heterocycles. The molecule has 0 aliphatic carbocycles. The topological polar surface area (TPSA) is 73.7 Å². The van der Waals surface area contributed by atoms with Gasteiger partial charge in [0.1, 0.15) is 5.76 Å². The molecule has 1 fully saturated rings. The SMILES string of the molecule is CN(C)[C@@H](CN1C(=O)C(=O)C(=C(O)c2ccccc2)[C@H]1c1ccncc1)c1cccs1. The lowest BCUT2D eigenvalue weighted by molar-refractivity contribution is -0.140. The quantitative estimate of drug-likeness (QED) is 0.363. The molecule has 0 spiro atoms. The highest BCUT2D eigenvalue weighted by atomic mass is 32.1. The maximum absolute atomic E-state index is 13.2. The highest BCUT2D eigenvalue weighted by Gasteiger charge is 2.47. The molecule has 158 valence electrons. The fraction of sp³-hybridized carbons (Fsp3) is 0.208. The normalized spacial score (nSPS) is 19.2. The summed E-state index contributed by atoms with van der Waals surface area (Å²) in [5, 5.41) is 13.0. The molecule has 0 unspecified atom stereocenters. The van der Waals surface area contributed by atoms with E-state index in [9.17, 15) is 14.7 Å². The van der Waals surface area contributed by atoms with Gasteiger partial charge in [-0.15, -0.1) is 11.3 Å². The molecule has 1 N–H and O–H groups in total. The molecule has 3 aromatic rings. The van der Waals surface area contributed by atoms with E-state index >= 15 is 0 Å². The molecule has 2 atom stereocenters. The van der Waals surface area contributed by atoms with E-state index in [-0.39, 0.29) is 17.4 Å². The Labute approximate surface area is 185 Å². The number of aromatic nitrogens is 1. The minimum absolute atomic E-state index is 0.0840. The minimum Gasteiger partial charge on any atom is -0.507 e. The average molecular weight is 434 g/mol. The number of likely N-dealkylation sites (tertiary alicyclic amines) is 1. The van der Waals surface area contributed by atoms with Gasteiger partial charge in [-0.3, -0.25) is 14.6 Å². The van der Waals surface area contributed by atoms with E-state index in [1.54, 1.807) is 65.0 Å². The van der Waals surface area contributed by atoms with Gasteiger partial charge in [-0.1, -0.05) is 36.4 Å². The van der Waals surface area contributed by atoms with Crippen molar-refractivity contribution in [1.29, 1.82) is 0 Å². The third kappa shape index (κ3) is 4.02. The van der Waals surface area contributed by atoms with Gasteiger partial charge < -0.3 is 14.9 Å². The van der Waals surface area contributed by atoms with Gasteiger partial charge >= 0.3 is 0 Å². The number of likely N-dealkylation sites (N-methyl/N-ethyl adjacent to an activating group) is 1. The fourth-order valence-electron chi connectivity index (χ4n) is 3.89. The van der Waals surface area contributed by atoms with Crippen molar-refractivity contribution in [2.24, 2.45) is 0 Å². The van der Waals surface area contributed by atoms with E-state index in [1.807, 2.05) is 42.6 Å². The van der Waals surface area contributed by atoms with E-state index in [2.05, 4.69) is 4.98 Å². The molecule has 7 heteroatoms. The van der Waals surface area contributed by atoms with Crippen LogP contribution in [0.15, 0.2) is 77.9 Å². The second-order valence-corrected chi connectivity index (χ2v) is 8.57. The highest BCUT2D eigenvalue weighted by Crippen LogP contribution is 2.40. The molecular weight excluding hydrogens is 410 g/mol. The summed E-state index contributed by atoms with van der Waals surface area (Å²) in [6.45, 7) is 0.316. The number of nitrogens with zero attached hydrogens (tertiary/aromatic N) is 3. The highest BCUT2D eigenvalue weighted by molar-refractivity contribution is 7.10. The maximum atomic E-state index is 13.2. The first kappa shape index (κ1) is 21.0. The molecule has 31 heavy (non-hydrogen) atoms. The standard InChI is InChI=1S/C24H23N3O3S/c1-26(2)18(19-9-6-14-31-19)15-27-21(16-10-12-25-13-11-16)20(23(29)24(27)30)22(28)17-7-4-3-5-8-17/h3-14,18,21,28H,15H2,1-2H3/t18-,21+/m0/s1. The Balaban J connectivity index is 1.83. The molecule has 0 saturated carbocycles. The Morgan fingerprint density at radius 3 is 2.42 bits per heavy atom. The van der Waals surface area contributed by atoms with Crippen LogP contribution in [0.4, 0.5) is 0 Å². The number of aliphatic hydroxyl groups excluding tert-OH is 1. The number of thiophene rings is 1. The van der Waals surface area contributed by atoms with Crippen LogP contribution < -0.4 is 0 Å². The Morgan fingerprint density at radius 1 is 1.10 bits per heavy atom. The van der Waals surface area contributed by atoms with E-state index in [4.69, 9.17) is 0 Å². The molecule has 0 radical (unpaired) electrons. The van der Waals surface area contributed by atoms with Gasteiger partial charge in [-0.25, -0.2) is 0 Å². The second-order valence-electron chi connectivity index (χ2n) is 7.59. The zero-order chi connectivity index (χ0) is 22.0. The third-order valence-corrected chi connectivity index (χ3v) is 6.45. The van der Waals surface area contributed by atoms with Crippen molar-refractivity contribution in [2.45, 2.75) is 12.1 Å². The van der Waals surface area contributed by atoms with Gasteiger partial charge in [0.2, 0.25) is 0 Å². The minimum atomic E-state index is -0.689. The van der Waals surface area contributed by atoms with Crippen LogP contribution in [0.5, 0.6) is 0 Å². The first-order chi connectivity index (χ1) is 15.0. The lowest BCUT2D eigenvalue weighted by Crippen LogP contribution is -2.37. The molecule has 4 rings (SSSR count). The molecule has 3 heterocycles. The van der Waals surface area contributed by atoms with Crippen LogP contribution in [0, 0.1) is 0 Å². The number of ketones is 1. The van der Waals surface area contributed by atoms with Crippen LogP contribution in [0.25, 0.3) is 5.76 Å². The second kappa shape index (κ2) is 8.83. The van der Waals surface area contributed by atoms with Gasteiger partial charge in [-0.2, -0.15) is 0 Å². The molecule has 6 nitrogen and oxygen atoms in total. The smallest absolute Gasteiger partial charge is 0.295 e. The van der Waals surface area contributed by atoms with E-state index in [0.29, 0.717) is 12.1 Å². The van der Waals surface area contributed by atoms with Crippen molar-refractivity contribution in [3.05, 3.63) is 93.9 Å². The van der Waals surface area contributed by atoms with Crippen molar-refractivity contribution < 1.29 is 14.7 Å². The van der Waals surface area contributed by atoms with Gasteiger partial charge in [0, 0.05) is 29.4 Å². The molecule has 1 aliphatic rings. The summed E-state index contributed by atoms with van der Waals surface area (Å²) < 4.78 is 0. The number of Topliss-reactive ketones (excluding diaryl/α,β-unsaturated/α-hetero) is 1. The first-order valence-corrected chi connectivity index (χ1v) is 10.8. The summed E-state index contributed by atoms with van der Waals surface area (Å²) in [4.78, 5) is 35.0. The summed E-state index contributed by atoms with van der Waals surface area (Å²) >= 11 is 1.61. The van der Waals surface area contributed by atoms with Crippen LogP contribution in [-0.4, -0.2) is 52.2 Å². The number of rotatable bonds is 6. The van der Waals surface area contributed by atoms with Gasteiger partial charge in [0.05, 0.1) is 17.7 Å². The lowest BCUT2D eigenvalue weighted by atomic mass is 9.96. The molecule has 0 bridgehead atoms. The number of pyridine rings is 1. The number of hydrogen-bond acceptors (Lipinski definition) is 6. The predicted molar refractivity (Wildman–Crippen MR) is 120 cm³/mol. The van der Waals surface area contributed by atoms with Crippen molar-refractivity contribution in [1.82, 2.24) is 14.8 Å². The average Bonchev–Trinajstić information content (AvgIpc) is 3.40. The van der Waals surface area contributed by atoms with Crippen LogP contribution >= 0.6 is 11.3 Å². The molecule has 2 aromatic heterocycles. The molecule has 1 saturated heterocycles. The van der Waals surface area contributed by atoms with E-state index in [1.165, 1.54) is 0 Å². The number of hydrogen-bond donors (Lipinski definition) is 1. The van der Waals surface area contributed by atoms with Gasteiger partial charge in [-0.05, 0) is 43.2 Å². The van der Waals surface area contributed by atoms with Gasteiger partial charge in [0.25, 0.3) is 11.7 Å². The number of aliphatic hydroxyl groups is 1. The number of benzene rings is 1. The third-order valence-electron chi connectivity index (χ3n) is 5.47. The largest absolute Gasteiger partial charge is 0.507 e. The zero-order valence-electron chi connectivity index (χ0n) is 17.3. The van der Waals surface area contributed by atoms with Crippen molar-refractivity contribution in [3.8, 4) is 0 Å². The Kier molecular flexibility index (Phi) is 5.97. The number of carbonyl (C=O) groups excluding carboxylic acids is 2. The van der Waals surface area contributed by atoms with Crippen molar-refractivity contribution in [2.75, 3.05) is 20.6 Å². The first-order valence-electron chi connectivity index (χ1n) is 9.92. The van der Waals surface area contributed by atoms with Crippen molar-refractivity contribution >= 4 is 28.8 Å². The predicted octanol–water partition coefficient (Wildman–Crippen LogP) is 3.87. The number of carbonyl (C=O) groups is 2. The maximum Gasteiger partial charge on any atom is 0.295 e. The number of amides is 1. The van der Waals surface area contributed by atoms with Crippen LogP contribution in [-0.2, 0) is 9.59 Å². The summed E-state index contributed by atoms with van der Waals surface area (Å²) in [5.74, 6) is -1.45. The summed E-state index contributed by atoms with van der Waals surface area (Å²) in [6.07, 6.45) is 3.25. The Bertz CT molecular complexity index is 1100. The summed E-state index contributed by atoms with van der Waals surface area (Å²) in [5.41, 5.74) is 1.34. The van der Waals surface area contributed by atoms with Crippen molar-refractivity contribution in [3.63, 3.8) is 0 Å². The van der Waals surface area contributed by atoms with E-state index in [0.717, 1.165) is 10.4 Å². The molecule has 1 aromatic carbocycles. The monoisotopic (exact) mass is 433 g/mol. The Hall–Kier alpha value is -3.29. The zero-order valence-corrected chi connectivity index (χ0v) is 18.1. The summed E-state index contributed by atoms with van der Waals surface area (Å²) in [6, 6.07) is 15.6.